The SMILES string of the molecule is [2H]c1nc2c(NC([2H])(CCCN)C([2H])([2H])[2H])cc(OC)c([2H])c2c([2H])c1[2H]. The summed E-state index contributed by atoms with van der Waals surface area (Å²) in [6.07, 6.45) is -0.269. The third-order valence-corrected chi connectivity index (χ3v) is 2.56. The van der Waals surface area contributed by atoms with Crippen LogP contribution in [0.4, 0.5) is 5.69 Å². The van der Waals surface area contributed by atoms with Crippen LogP contribution in [0.2, 0.25) is 0 Å². The highest BCUT2D eigenvalue weighted by atomic mass is 16.5. The fraction of sp³-hybridized carbons (Fsp3) is 0.400. The molecule has 0 radical (unpaired) electrons. The van der Waals surface area contributed by atoms with Gasteiger partial charge in [0.1, 0.15) is 5.75 Å². The number of hydrogen-bond acceptors (Lipinski definition) is 4. The molecule has 0 aliphatic rings. The number of ether oxygens (including phenoxy) is 1. The van der Waals surface area contributed by atoms with Gasteiger partial charge in [0, 0.05) is 27.8 Å². The Hall–Kier alpha value is -1.81. The number of anilines is 1. The Morgan fingerprint density at radius 3 is 3.32 bits per heavy atom. The first-order chi connectivity index (χ1) is 12.5. The zero-order valence-corrected chi connectivity index (χ0v) is 10.6. The number of nitrogens with zero attached hydrogens (tertiary/aromatic N) is 1. The van der Waals surface area contributed by atoms with Gasteiger partial charge in [-0.05, 0) is 38.3 Å². The molecule has 0 saturated carbocycles. The standard InChI is InChI=1S/C15H21N3O/c1-11(5-3-7-16)18-14-10-13(19-2)9-12-6-4-8-17-15(12)14/h4,6,8-11,18H,3,5,7,16H2,1-2H3/i1D3,4D,6D,8D,9D,11D. The lowest BCUT2D eigenvalue weighted by Gasteiger charge is -2.17. The Kier molecular flexibility index (Phi) is 2.21. The number of methoxy groups -OCH3 is 1. The Labute approximate surface area is 125 Å². The molecular weight excluding hydrogens is 238 g/mol. The summed E-state index contributed by atoms with van der Waals surface area (Å²) in [4.78, 5) is 3.95. The largest absolute Gasteiger partial charge is 0.497 e. The fourth-order valence-electron chi connectivity index (χ4n) is 1.64. The van der Waals surface area contributed by atoms with Crippen LogP contribution < -0.4 is 15.8 Å². The van der Waals surface area contributed by atoms with Crippen LogP contribution >= 0.6 is 0 Å². The summed E-state index contributed by atoms with van der Waals surface area (Å²) in [5.74, 6) is 0.0316. The van der Waals surface area contributed by atoms with E-state index in [2.05, 4.69) is 10.3 Å². The van der Waals surface area contributed by atoms with E-state index in [0.29, 0.717) is 0 Å². The lowest BCUT2D eigenvalue weighted by Crippen LogP contribution is -2.17. The predicted octanol–water partition coefficient (Wildman–Crippen LogP) is 2.78. The summed E-state index contributed by atoms with van der Waals surface area (Å²) in [6, 6.07) is -1.82. The van der Waals surface area contributed by atoms with Crippen LogP contribution in [0, 0.1) is 0 Å². The molecule has 1 unspecified atom stereocenters. The number of hydrogen-bond donors (Lipinski definition) is 2. The van der Waals surface area contributed by atoms with Crippen molar-refractivity contribution in [3.63, 3.8) is 0 Å². The van der Waals surface area contributed by atoms with Gasteiger partial charge in [0.05, 0.1) is 25.2 Å². The number of fused-ring (bicyclic) bond motifs is 1. The minimum Gasteiger partial charge on any atom is -0.497 e. The van der Waals surface area contributed by atoms with Crippen LogP contribution in [0.15, 0.2) is 30.4 Å². The molecule has 1 heterocycles. The van der Waals surface area contributed by atoms with Crippen LogP contribution in [0.3, 0.4) is 0 Å². The minimum absolute atomic E-state index is 0.0274. The quantitative estimate of drug-likeness (QED) is 0.845. The molecule has 1 aromatic heterocycles. The molecule has 1 aromatic carbocycles. The van der Waals surface area contributed by atoms with E-state index in [0.717, 1.165) is 0 Å². The van der Waals surface area contributed by atoms with Crippen molar-refractivity contribution >= 4 is 16.6 Å². The predicted molar refractivity (Wildman–Crippen MR) is 79.7 cm³/mol. The Morgan fingerprint density at radius 1 is 1.68 bits per heavy atom. The van der Waals surface area contributed by atoms with Crippen molar-refractivity contribution < 1.29 is 15.7 Å². The summed E-state index contributed by atoms with van der Waals surface area (Å²) in [5, 5.41) is 2.59. The highest BCUT2D eigenvalue weighted by Gasteiger charge is 2.08. The van der Waals surface area contributed by atoms with Crippen molar-refractivity contribution in [2.24, 2.45) is 5.73 Å². The smallest absolute Gasteiger partial charge is 0.121 e. The minimum atomic E-state index is -2.70. The van der Waals surface area contributed by atoms with Crippen molar-refractivity contribution in [2.75, 3.05) is 19.0 Å². The molecule has 0 saturated heterocycles. The topological polar surface area (TPSA) is 60.2 Å². The molecule has 2 rings (SSSR count). The molecule has 0 spiro atoms. The molecule has 102 valence electrons. The first kappa shape index (κ1) is 6.57. The summed E-state index contributed by atoms with van der Waals surface area (Å²) in [5.41, 5.74) is 5.48. The molecule has 0 aliphatic heterocycles. The molecule has 4 nitrogen and oxygen atoms in total. The molecule has 4 heteroatoms. The molecule has 3 N–H and O–H groups in total. The van der Waals surface area contributed by atoms with Crippen LogP contribution in [-0.4, -0.2) is 24.7 Å². The fourth-order valence-corrected chi connectivity index (χ4v) is 1.64. The van der Waals surface area contributed by atoms with Crippen LogP contribution in [0.1, 0.15) is 30.7 Å². The monoisotopic (exact) mass is 267 g/mol. The molecule has 0 aliphatic carbocycles. The number of nitrogens with one attached hydrogen (secondary N) is 1. The molecule has 0 fully saturated rings. The maximum absolute atomic E-state index is 8.44. The van der Waals surface area contributed by atoms with Gasteiger partial charge < -0.3 is 15.8 Å². The molecule has 2 aromatic rings. The second-order valence-electron chi connectivity index (χ2n) is 3.94. The zero-order chi connectivity index (χ0) is 20.6. The van der Waals surface area contributed by atoms with Gasteiger partial charge in [0.15, 0.2) is 0 Å². The summed E-state index contributed by atoms with van der Waals surface area (Å²) in [7, 11) is 1.31. The molecule has 0 amide bonds. The Morgan fingerprint density at radius 2 is 2.58 bits per heavy atom. The third kappa shape index (κ3) is 3.35. The molecule has 19 heavy (non-hydrogen) atoms. The normalized spacial score (nSPS) is 20.7. The van der Waals surface area contributed by atoms with Crippen molar-refractivity contribution in [2.45, 2.75) is 25.7 Å². The van der Waals surface area contributed by atoms with E-state index in [9.17, 15) is 0 Å². The lowest BCUT2D eigenvalue weighted by atomic mass is 10.1. The van der Waals surface area contributed by atoms with Gasteiger partial charge >= 0.3 is 0 Å². The molecule has 1 atom stereocenters. The average molecular weight is 267 g/mol. The number of rotatable bonds is 6. The van der Waals surface area contributed by atoms with Gasteiger partial charge in [-0.1, -0.05) is 6.04 Å². The van der Waals surface area contributed by atoms with Gasteiger partial charge in [-0.15, -0.1) is 0 Å². The van der Waals surface area contributed by atoms with Crippen molar-refractivity contribution in [1.29, 1.82) is 0 Å². The van der Waals surface area contributed by atoms with Crippen molar-refractivity contribution in [3.8, 4) is 5.75 Å². The maximum atomic E-state index is 8.44. The van der Waals surface area contributed by atoms with E-state index in [4.69, 9.17) is 21.4 Å². The van der Waals surface area contributed by atoms with Gasteiger partial charge in [0.25, 0.3) is 0 Å². The van der Waals surface area contributed by atoms with Gasteiger partial charge in [0.2, 0.25) is 0 Å². The van der Waals surface area contributed by atoms with E-state index in [1.54, 1.807) is 0 Å². The van der Waals surface area contributed by atoms with E-state index in [1.165, 1.54) is 13.2 Å². The number of aromatic nitrogens is 1. The second kappa shape index (κ2) is 6.38. The summed E-state index contributed by atoms with van der Waals surface area (Å²) < 4.78 is 68.5. The van der Waals surface area contributed by atoms with E-state index < -0.39 is 25.1 Å². The average Bonchev–Trinajstić information content (AvgIpc) is 2.59. The van der Waals surface area contributed by atoms with Gasteiger partial charge in [-0.3, -0.25) is 4.98 Å². The summed E-state index contributed by atoms with van der Waals surface area (Å²) >= 11 is 0. The highest BCUT2D eigenvalue weighted by Crippen LogP contribution is 2.28. The molecular formula is C15H21N3O. The second-order valence-corrected chi connectivity index (χ2v) is 3.94. The van der Waals surface area contributed by atoms with Gasteiger partial charge in [-0.25, -0.2) is 0 Å². The van der Waals surface area contributed by atoms with Gasteiger partial charge in [-0.2, -0.15) is 0 Å². The van der Waals surface area contributed by atoms with Crippen LogP contribution in [0.25, 0.3) is 10.9 Å². The van der Waals surface area contributed by atoms with Crippen molar-refractivity contribution in [3.05, 3.63) is 30.4 Å². The first-order valence-corrected chi connectivity index (χ1v) is 5.90. The van der Waals surface area contributed by atoms with E-state index in [-0.39, 0.29) is 53.8 Å². The lowest BCUT2D eigenvalue weighted by molar-refractivity contribution is 0.415. The van der Waals surface area contributed by atoms with E-state index in [1.807, 2.05) is 0 Å². The zero-order valence-electron chi connectivity index (χ0n) is 18.6. The van der Waals surface area contributed by atoms with Crippen LogP contribution in [0.5, 0.6) is 5.75 Å². The number of benzene rings is 1. The molecule has 0 bridgehead atoms. The third-order valence-electron chi connectivity index (χ3n) is 2.56. The van der Waals surface area contributed by atoms with E-state index >= 15 is 0 Å². The van der Waals surface area contributed by atoms with Crippen molar-refractivity contribution in [1.82, 2.24) is 4.98 Å². The Balaban J connectivity index is 2.75. The maximum Gasteiger partial charge on any atom is 0.121 e. The van der Waals surface area contributed by atoms with Crippen LogP contribution in [-0.2, 0) is 0 Å². The Bertz CT molecular complexity index is 858. The number of nitrogens with two attached hydrogens (primary N) is 1. The number of pyridine rings is 1. The highest BCUT2D eigenvalue weighted by molar-refractivity contribution is 5.91. The first-order valence-electron chi connectivity index (χ1n) is 9.90. The summed E-state index contributed by atoms with van der Waals surface area (Å²) in [6.45, 7) is -2.49.